The van der Waals surface area contributed by atoms with E-state index in [1.807, 2.05) is 9.80 Å². The average molecular weight is 320 g/mol. The molecule has 2 saturated carbocycles. The van der Waals surface area contributed by atoms with E-state index in [0.717, 1.165) is 45.1 Å². The summed E-state index contributed by atoms with van der Waals surface area (Å²) in [7, 11) is 0. The summed E-state index contributed by atoms with van der Waals surface area (Å²) >= 11 is 0. The molecule has 0 aromatic heterocycles. The second kappa shape index (κ2) is 6.08. The van der Waals surface area contributed by atoms with Crippen LogP contribution in [0, 0.1) is 23.7 Å². The van der Waals surface area contributed by atoms with Crippen LogP contribution in [0.3, 0.4) is 0 Å². The minimum atomic E-state index is -0.216. The minimum absolute atomic E-state index is 0.0255. The number of nitrogens with zero attached hydrogens (tertiary/aromatic N) is 2. The van der Waals surface area contributed by atoms with Gasteiger partial charge in [0.15, 0.2) is 0 Å². The van der Waals surface area contributed by atoms with Gasteiger partial charge in [-0.2, -0.15) is 0 Å². The van der Waals surface area contributed by atoms with Crippen molar-refractivity contribution in [2.45, 2.75) is 51.0 Å². The van der Waals surface area contributed by atoms with Gasteiger partial charge in [-0.05, 0) is 38.5 Å². The molecule has 3 atom stereocenters. The van der Waals surface area contributed by atoms with Gasteiger partial charge < -0.3 is 14.9 Å². The third-order valence-electron chi connectivity index (χ3n) is 6.35. The maximum absolute atomic E-state index is 13.0. The zero-order chi connectivity index (χ0) is 16.0. The van der Waals surface area contributed by atoms with Gasteiger partial charge in [0.05, 0.1) is 12.0 Å². The lowest BCUT2D eigenvalue weighted by molar-refractivity contribution is -0.147. The number of likely N-dealkylation sites (tertiary alicyclic amines) is 2. The van der Waals surface area contributed by atoms with Crippen molar-refractivity contribution in [3.63, 3.8) is 0 Å². The fourth-order valence-corrected chi connectivity index (χ4v) is 4.81. The highest BCUT2D eigenvalue weighted by Gasteiger charge is 2.42. The predicted molar refractivity (Wildman–Crippen MR) is 85.4 cm³/mol. The lowest BCUT2D eigenvalue weighted by atomic mass is 9.75. The Morgan fingerprint density at radius 3 is 2.04 bits per heavy atom. The third-order valence-corrected chi connectivity index (χ3v) is 6.35. The van der Waals surface area contributed by atoms with E-state index in [9.17, 15) is 14.7 Å². The van der Waals surface area contributed by atoms with Crippen LogP contribution in [0.4, 0.5) is 0 Å². The Hall–Kier alpha value is -1.10. The number of hydrogen-bond acceptors (Lipinski definition) is 3. The number of hydrogen-bond donors (Lipinski definition) is 1. The molecular formula is C18H28N2O3. The molecule has 2 saturated heterocycles. The Bertz CT molecular complexity index is 477. The lowest BCUT2D eigenvalue weighted by Gasteiger charge is -2.46. The van der Waals surface area contributed by atoms with Crippen molar-refractivity contribution >= 4 is 11.8 Å². The molecule has 4 fully saturated rings. The average Bonchev–Trinajstić information content (AvgIpc) is 3.38. The van der Waals surface area contributed by atoms with Crippen LogP contribution in [0.1, 0.15) is 44.9 Å². The highest BCUT2D eigenvalue weighted by molar-refractivity contribution is 5.83. The summed E-state index contributed by atoms with van der Waals surface area (Å²) in [6.45, 7) is 2.86. The van der Waals surface area contributed by atoms with E-state index in [2.05, 4.69) is 0 Å². The van der Waals surface area contributed by atoms with Crippen molar-refractivity contribution in [2.75, 3.05) is 26.2 Å². The molecule has 5 heteroatoms. The molecule has 2 heterocycles. The molecule has 3 unspecified atom stereocenters. The Balaban J connectivity index is 1.39. The van der Waals surface area contributed by atoms with Crippen LogP contribution in [0.25, 0.3) is 0 Å². The van der Waals surface area contributed by atoms with Gasteiger partial charge in [0.25, 0.3) is 0 Å². The molecule has 2 aliphatic carbocycles. The number of aliphatic hydroxyl groups excluding tert-OH is 1. The second-order valence-electron chi connectivity index (χ2n) is 8.08. The van der Waals surface area contributed by atoms with E-state index < -0.39 is 0 Å². The number of carbonyl (C=O) groups is 2. The van der Waals surface area contributed by atoms with Crippen LogP contribution in [0.15, 0.2) is 0 Å². The summed E-state index contributed by atoms with van der Waals surface area (Å²) in [5.41, 5.74) is 0. The third kappa shape index (κ3) is 3.00. The molecule has 4 rings (SSSR count). The molecule has 23 heavy (non-hydrogen) atoms. The van der Waals surface area contributed by atoms with Gasteiger partial charge in [0, 0.05) is 43.9 Å². The maximum Gasteiger partial charge on any atom is 0.227 e. The predicted octanol–water partition coefficient (Wildman–Crippen LogP) is 1.25. The summed E-state index contributed by atoms with van der Waals surface area (Å²) in [5.74, 6) is 1.24. The van der Waals surface area contributed by atoms with Gasteiger partial charge in [0.1, 0.15) is 0 Å². The topological polar surface area (TPSA) is 60.9 Å². The zero-order valence-corrected chi connectivity index (χ0v) is 13.8. The number of carbonyl (C=O) groups excluding carboxylic acids is 2. The van der Waals surface area contributed by atoms with E-state index in [-0.39, 0.29) is 41.6 Å². The van der Waals surface area contributed by atoms with E-state index in [1.165, 1.54) is 6.42 Å². The SMILES string of the molecule is O=C(C1CC1)N1CCCC(C(=O)N2CC3CCCC(C2)C3O)C1. The smallest absolute Gasteiger partial charge is 0.227 e. The first kappa shape index (κ1) is 15.4. The molecular weight excluding hydrogens is 292 g/mol. The van der Waals surface area contributed by atoms with Gasteiger partial charge in [0.2, 0.25) is 11.8 Å². The number of piperidine rings is 2. The monoisotopic (exact) mass is 320 g/mol. The number of rotatable bonds is 2. The first-order chi connectivity index (χ1) is 11.1. The minimum Gasteiger partial charge on any atom is -0.392 e. The summed E-state index contributed by atoms with van der Waals surface area (Å²) in [4.78, 5) is 29.2. The first-order valence-electron chi connectivity index (χ1n) is 9.39. The van der Waals surface area contributed by atoms with Crippen LogP contribution in [-0.2, 0) is 9.59 Å². The van der Waals surface area contributed by atoms with Crippen molar-refractivity contribution in [1.29, 1.82) is 0 Å². The molecule has 5 nitrogen and oxygen atoms in total. The molecule has 128 valence electrons. The molecule has 2 bridgehead atoms. The summed E-state index contributed by atoms with van der Waals surface area (Å²) in [6.07, 6.45) is 6.95. The van der Waals surface area contributed by atoms with Crippen molar-refractivity contribution in [3.8, 4) is 0 Å². The van der Waals surface area contributed by atoms with Crippen molar-refractivity contribution in [3.05, 3.63) is 0 Å². The van der Waals surface area contributed by atoms with Crippen molar-refractivity contribution in [2.24, 2.45) is 23.7 Å². The van der Waals surface area contributed by atoms with Gasteiger partial charge in [-0.3, -0.25) is 9.59 Å². The highest BCUT2D eigenvalue weighted by atomic mass is 16.3. The number of aliphatic hydroxyl groups is 1. The Morgan fingerprint density at radius 1 is 0.739 bits per heavy atom. The van der Waals surface area contributed by atoms with E-state index in [1.54, 1.807) is 0 Å². The maximum atomic E-state index is 13.0. The van der Waals surface area contributed by atoms with Crippen LogP contribution in [0.2, 0.25) is 0 Å². The zero-order valence-electron chi connectivity index (χ0n) is 13.8. The second-order valence-corrected chi connectivity index (χ2v) is 8.08. The van der Waals surface area contributed by atoms with Crippen molar-refractivity contribution < 1.29 is 14.7 Å². The molecule has 0 aromatic carbocycles. The first-order valence-corrected chi connectivity index (χ1v) is 9.39. The number of amides is 2. The van der Waals surface area contributed by atoms with Gasteiger partial charge in [-0.1, -0.05) is 6.42 Å². The standard InChI is InChI=1S/C18H28N2O3/c21-16-13-3-1-4-14(16)10-20(9-13)18(23)15-5-2-8-19(11-15)17(22)12-6-7-12/h12-16,21H,1-11H2. The molecule has 4 aliphatic rings. The molecule has 1 N–H and O–H groups in total. The van der Waals surface area contributed by atoms with E-state index in [4.69, 9.17) is 0 Å². The van der Waals surface area contributed by atoms with E-state index >= 15 is 0 Å². The van der Waals surface area contributed by atoms with Gasteiger partial charge in [-0.25, -0.2) is 0 Å². The largest absolute Gasteiger partial charge is 0.392 e. The van der Waals surface area contributed by atoms with Crippen LogP contribution >= 0.6 is 0 Å². The summed E-state index contributed by atoms with van der Waals surface area (Å²) in [6, 6.07) is 0. The van der Waals surface area contributed by atoms with Crippen LogP contribution in [0.5, 0.6) is 0 Å². The molecule has 0 radical (unpaired) electrons. The summed E-state index contributed by atoms with van der Waals surface area (Å²) in [5, 5.41) is 10.3. The highest BCUT2D eigenvalue weighted by Crippen LogP contribution is 2.36. The number of fused-ring (bicyclic) bond motifs is 2. The molecule has 0 spiro atoms. The quantitative estimate of drug-likeness (QED) is 0.833. The van der Waals surface area contributed by atoms with E-state index in [0.29, 0.717) is 19.6 Å². The molecule has 2 amide bonds. The van der Waals surface area contributed by atoms with Gasteiger partial charge in [-0.15, -0.1) is 0 Å². The Morgan fingerprint density at radius 2 is 1.39 bits per heavy atom. The Kier molecular flexibility index (Phi) is 4.08. The van der Waals surface area contributed by atoms with Crippen molar-refractivity contribution in [1.82, 2.24) is 9.80 Å². The fraction of sp³-hybridized carbons (Fsp3) is 0.889. The lowest BCUT2D eigenvalue weighted by Crippen LogP contribution is -2.56. The normalized spacial score (nSPS) is 37.6. The Labute approximate surface area is 138 Å². The fourth-order valence-electron chi connectivity index (χ4n) is 4.81. The summed E-state index contributed by atoms with van der Waals surface area (Å²) < 4.78 is 0. The van der Waals surface area contributed by atoms with Crippen LogP contribution < -0.4 is 0 Å². The molecule has 0 aromatic rings. The van der Waals surface area contributed by atoms with Gasteiger partial charge >= 0.3 is 0 Å². The molecule has 2 aliphatic heterocycles. The van der Waals surface area contributed by atoms with Crippen LogP contribution in [-0.4, -0.2) is 59.0 Å².